The third-order valence-electron chi connectivity index (χ3n) is 2.98. The molecule has 21 heavy (non-hydrogen) atoms. The lowest BCUT2D eigenvalue weighted by atomic mass is 10.1. The van der Waals surface area contributed by atoms with Gasteiger partial charge in [-0.15, -0.1) is 0 Å². The fourth-order valence-electron chi connectivity index (χ4n) is 1.91. The molecule has 0 aliphatic rings. The molecule has 0 unspecified atom stereocenters. The van der Waals surface area contributed by atoms with Crippen LogP contribution < -0.4 is 10.1 Å². The number of ether oxygens (including phenoxy) is 1. The molecule has 0 atom stereocenters. The lowest BCUT2D eigenvalue weighted by molar-refractivity contribution is -0.384. The summed E-state index contributed by atoms with van der Waals surface area (Å²) in [6.45, 7) is 0.416. The Kier molecular flexibility index (Phi) is 4.36. The van der Waals surface area contributed by atoms with Crippen LogP contribution in [-0.2, 0) is 6.54 Å². The van der Waals surface area contributed by atoms with Crippen molar-refractivity contribution in [3.63, 3.8) is 0 Å². The minimum Gasteiger partial charge on any atom is -0.497 e. The highest BCUT2D eigenvalue weighted by molar-refractivity contribution is 5.68. The first-order valence-electron chi connectivity index (χ1n) is 6.20. The lowest BCUT2D eigenvalue weighted by Gasteiger charge is -2.08. The zero-order valence-electron chi connectivity index (χ0n) is 11.4. The van der Waals surface area contributed by atoms with E-state index in [2.05, 4.69) is 5.32 Å². The van der Waals surface area contributed by atoms with Crippen molar-refractivity contribution in [1.82, 2.24) is 0 Å². The van der Waals surface area contributed by atoms with Crippen molar-refractivity contribution in [2.45, 2.75) is 6.54 Å². The second kappa shape index (κ2) is 6.39. The molecule has 0 bridgehead atoms. The van der Waals surface area contributed by atoms with Crippen molar-refractivity contribution < 1.29 is 9.66 Å². The highest BCUT2D eigenvalue weighted by Gasteiger charge is 2.19. The van der Waals surface area contributed by atoms with Crippen LogP contribution in [0, 0.1) is 21.4 Å². The summed E-state index contributed by atoms with van der Waals surface area (Å²) in [6.07, 6.45) is 0. The topological polar surface area (TPSA) is 88.2 Å². The standard InChI is InChI=1S/C15H13N3O3/c1-21-13-7-5-11(6-8-13)10-17-14-4-2-3-12(9-16)15(14)18(19)20/h2-8,17H,10H2,1H3. The van der Waals surface area contributed by atoms with Gasteiger partial charge in [0.1, 0.15) is 23.1 Å². The van der Waals surface area contributed by atoms with E-state index in [0.717, 1.165) is 11.3 Å². The van der Waals surface area contributed by atoms with E-state index in [1.165, 1.54) is 6.07 Å². The molecule has 2 aromatic rings. The number of methoxy groups -OCH3 is 1. The van der Waals surface area contributed by atoms with Crippen LogP contribution in [0.2, 0.25) is 0 Å². The first kappa shape index (κ1) is 14.3. The number of hydrogen-bond acceptors (Lipinski definition) is 5. The number of anilines is 1. The zero-order chi connectivity index (χ0) is 15.2. The van der Waals surface area contributed by atoms with Gasteiger partial charge in [0.25, 0.3) is 0 Å². The van der Waals surface area contributed by atoms with E-state index in [-0.39, 0.29) is 11.3 Å². The number of rotatable bonds is 5. The first-order valence-corrected chi connectivity index (χ1v) is 6.20. The number of nitrogens with zero attached hydrogens (tertiary/aromatic N) is 2. The van der Waals surface area contributed by atoms with E-state index < -0.39 is 4.92 Å². The highest BCUT2D eigenvalue weighted by Crippen LogP contribution is 2.28. The molecule has 0 saturated heterocycles. The van der Waals surface area contributed by atoms with E-state index in [9.17, 15) is 10.1 Å². The third kappa shape index (κ3) is 3.28. The van der Waals surface area contributed by atoms with Crippen molar-refractivity contribution in [2.24, 2.45) is 0 Å². The second-order valence-electron chi connectivity index (χ2n) is 4.27. The number of para-hydroxylation sites is 1. The van der Waals surface area contributed by atoms with E-state index >= 15 is 0 Å². The minimum absolute atomic E-state index is 0.0414. The monoisotopic (exact) mass is 283 g/mol. The quantitative estimate of drug-likeness (QED) is 0.673. The van der Waals surface area contributed by atoms with Crippen molar-refractivity contribution in [3.8, 4) is 11.8 Å². The Balaban J connectivity index is 2.20. The van der Waals surface area contributed by atoms with Crippen LogP contribution in [0.15, 0.2) is 42.5 Å². The van der Waals surface area contributed by atoms with Crippen LogP contribution in [0.3, 0.4) is 0 Å². The molecule has 0 fully saturated rings. The van der Waals surface area contributed by atoms with Gasteiger partial charge in [0.2, 0.25) is 0 Å². The van der Waals surface area contributed by atoms with Crippen molar-refractivity contribution in [3.05, 3.63) is 63.7 Å². The number of nitrogens with one attached hydrogen (secondary N) is 1. The van der Waals surface area contributed by atoms with E-state index in [1.807, 2.05) is 30.3 Å². The van der Waals surface area contributed by atoms with Crippen molar-refractivity contribution in [2.75, 3.05) is 12.4 Å². The maximum atomic E-state index is 11.1. The van der Waals surface area contributed by atoms with Crippen LogP contribution in [0.5, 0.6) is 5.75 Å². The second-order valence-corrected chi connectivity index (χ2v) is 4.27. The molecule has 106 valence electrons. The maximum Gasteiger partial charge on any atom is 0.309 e. The molecule has 0 heterocycles. The largest absolute Gasteiger partial charge is 0.497 e. The van der Waals surface area contributed by atoms with Gasteiger partial charge in [-0.2, -0.15) is 5.26 Å². The smallest absolute Gasteiger partial charge is 0.309 e. The Morgan fingerprint density at radius 2 is 2.00 bits per heavy atom. The molecule has 0 aliphatic heterocycles. The molecule has 1 N–H and O–H groups in total. The van der Waals surface area contributed by atoms with Gasteiger partial charge in [-0.1, -0.05) is 18.2 Å². The number of nitro groups is 1. The summed E-state index contributed by atoms with van der Waals surface area (Å²) in [5, 5.41) is 23.0. The predicted octanol–water partition coefficient (Wildman–Crippen LogP) is 3.09. The molecule has 0 aliphatic carbocycles. The van der Waals surface area contributed by atoms with Gasteiger partial charge in [-0.25, -0.2) is 0 Å². The average Bonchev–Trinajstić information content (AvgIpc) is 2.52. The van der Waals surface area contributed by atoms with Gasteiger partial charge < -0.3 is 10.1 Å². The molecule has 0 amide bonds. The summed E-state index contributed by atoms with van der Waals surface area (Å²) < 4.78 is 5.07. The number of benzene rings is 2. The summed E-state index contributed by atoms with van der Waals surface area (Å²) in [5.41, 5.74) is 1.12. The summed E-state index contributed by atoms with van der Waals surface area (Å²) in [5.74, 6) is 0.746. The molecule has 6 heteroatoms. The summed E-state index contributed by atoms with van der Waals surface area (Å²) in [4.78, 5) is 10.5. The molecule has 0 radical (unpaired) electrons. The van der Waals surface area contributed by atoms with Crippen LogP contribution in [-0.4, -0.2) is 12.0 Å². The Morgan fingerprint density at radius 3 is 2.57 bits per heavy atom. The Labute approximate surface area is 121 Å². The fourth-order valence-corrected chi connectivity index (χ4v) is 1.91. The van der Waals surface area contributed by atoms with Gasteiger partial charge >= 0.3 is 5.69 Å². The Bertz CT molecular complexity index is 690. The molecule has 6 nitrogen and oxygen atoms in total. The van der Waals surface area contributed by atoms with Gasteiger partial charge in [0.05, 0.1) is 12.0 Å². The average molecular weight is 283 g/mol. The third-order valence-corrected chi connectivity index (χ3v) is 2.98. The number of nitro benzene ring substituents is 1. The normalized spacial score (nSPS) is 9.71. The lowest BCUT2D eigenvalue weighted by Crippen LogP contribution is -2.04. The number of hydrogen-bond donors (Lipinski definition) is 1. The molecule has 0 spiro atoms. The van der Waals surface area contributed by atoms with Crippen molar-refractivity contribution >= 4 is 11.4 Å². The van der Waals surface area contributed by atoms with Gasteiger partial charge in [0.15, 0.2) is 0 Å². The van der Waals surface area contributed by atoms with Crippen LogP contribution in [0.4, 0.5) is 11.4 Å². The molecular weight excluding hydrogens is 270 g/mol. The van der Waals surface area contributed by atoms with Gasteiger partial charge in [0, 0.05) is 6.54 Å². The predicted molar refractivity (Wildman–Crippen MR) is 78.1 cm³/mol. The Morgan fingerprint density at radius 1 is 1.29 bits per heavy atom. The van der Waals surface area contributed by atoms with Crippen LogP contribution in [0.25, 0.3) is 0 Å². The van der Waals surface area contributed by atoms with Crippen LogP contribution in [0.1, 0.15) is 11.1 Å². The maximum absolute atomic E-state index is 11.1. The Hall–Kier alpha value is -3.07. The minimum atomic E-state index is -0.547. The molecule has 2 aromatic carbocycles. The molecule has 2 rings (SSSR count). The summed E-state index contributed by atoms with van der Waals surface area (Å²) in [6, 6.07) is 13.8. The van der Waals surface area contributed by atoms with Gasteiger partial charge in [-0.05, 0) is 29.8 Å². The van der Waals surface area contributed by atoms with E-state index in [1.54, 1.807) is 19.2 Å². The first-order chi connectivity index (χ1) is 10.2. The van der Waals surface area contributed by atoms with Crippen LogP contribution >= 0.6 is 0 Å². The zero-order valence-corrected chi connectivity index (χ0v) is 11.4. The highest BCUT2D eigenvalue weighted by atomic mass is 16.6. The molecule has 0 saturated carbocycles. The van der Waals surface area contributed by atoms with Gasteiger partial charge in [-0.3, -0.25) is 10.1 Å². The molecule has 0 aromatic heterocycles. The summed E-state index contributed by atoms with van der Waals surface area (Å²) >= 11 is 0. The van der Waals surface area contributed by atoms with E-state index in [4.69, 9.17) is 10.00 Å². The SMILES string of the molecule is COc1ccc(CNc2cccc(C#N)c2[N+](=O)[O-])cc1. The molecular formula is C15H13N3O3. The fraction of sp³-hybridized carbons (Fsp3) is 0.133. The van der Waals surface area contributed by atoms with E-state index in [0.29, 0.717) is 12.2 Å². The van der Waals surface area contributed by atoms with Crippen molar-refractivity contribution in [1.29, 1.82) is 5.26 Å². The number of nitriles is 1. The summed E-state index contributed by atoms with van der Waals surface area (Å²) in [7, 11) is 1.59.